The number of benzene rings is 2. The number of carbonyl (C=O) groups excluding carboxylic acids is 1. The number of aromatic amines is 1. The average molecular weight is 303 g/mol. The van der Waals surface area contributed by atoms with Gasteiger partial charge in [0.25, 0.3) is 0 Å². The number of hydrogen-bond donors (Lipinski definition) is 2. The molecule has 2 heterocycles. The first kappa shape index (κ1) is 13.3. The van der Waals surface area contributed by atoms with Crippen LogP contribution in [0.5, 0.6) is 0 Å². The number of fused-ring (bicyclic) bond motifs is 2. The van der Waals surface area contributed by atoms with Gasteiger partial charge in [0.05, 0.1) is 5.69 Å². The molecule has 0 radical (unpaired) electrons. The van der Waals surface area contributed by atoms with Gasteiger partial charge in [0.15, 0.2) is 5.58 Å². The minimum absolute atomic E-state index is 0.235. The van der Waals surface area contributed by atoms with Crippen molar-refractivity contribution in [3.8, 4) is 0 Å². The second-order valence-electron chi connectivity index (χ2n) is 5.09. The van der Waals surface area contributed by atoms with E-state index in [9.17, 15) is 4.79 Å². The van der Waals surface area contributed by atoms with E-state index in [0.717, 1.165) is 22.1 Å². The lowest BCUT2D eigenvalue weighted by Gasteiger charge is -2.03. The highest BCUT2D eigenvalue weighted by molar-refractivity contribution is 6.07. The Kier molecular flexibility index (Phi) is 3.16. The number of oxazole rings is 1. The summed E-state index contributed by atoms with van der Waals surface area (Å²) in [5.41, 5.74) is 3.20. The number of carbonyl (C=O) groups is 1. The number of amides is 1. The van der Waals surface area contributed by atoms with Crippen LogP contribution in [0.15, 0.2) is 65.2 Å². The molecule has 5 heteroatoms. The van der Waals surface area contributed by atoms with Crippen molar-refractivity contribution in [3.63, 3.8) is 0 Å². The number of rotatable bonds is 3. The van der Waals surface area contributed by atoms with Gasteiger partial charge in [0.1, 0.15) is 5.52 Å². The molecule has 0 bridgehead atoms. The zero-order chi connectivity index (χ0) is 15.6. The van der Waals surface area contributed by atoms with Crippen LogP contribution in [0.1, 0.15) is 5.89 Å². The third-order valence-electron chi connectivity index (χ3n) is 3.54. The fourth-order valence-electron chi connectivity index (χ4n) is 2.48. The van der Waals surface area contributed by atoms with E-state index in [0.29, 0.717) is 11.5 Å². The van der Waals surface area contributed by atoms with E-state index in [1.165, 1.54) is 6.08 Å². The summed E-state index contributed by atoms with van der Waals surface area (Å²) in [6.07, 6.45) is 4.82. The van der Waals surface area contributed by atoms with Crippen molar-refractivity contribution in [2.45, 2.75) is 0 Å². The minimum Gasteiger partial charge on any atom is -0.437 e. The van der Waals surface area contributed by atoms with E-state index in [-0.39, 0.29) is 5.91 Å². The van der Waals surface area contributed by atoms with E-state index in [2.05, 4.69) is 15.3 Å². The lowest BCUT2D eigenvalue weighted by molar-refractivity contribution is -0.111. The molecule has 2 N–H and O–H groups in total. The topological polar surface area (TPSA) is 70.9 Å². The molecule has 0 aliphatic carbocycles. The average Bonchev–Trinajstić information content (AvgIpc) is 3.19. The van der Waals surface area contributed by atoms with Gasteiger partial charge in [-0.15, -0.1) is 0 Å². The molecule has 0 aliphatic rings. The van der Waals surface area contributed by atoms with Gasteiger partial charge < -0.3 is 14.7 Å². The Hall–Kier alpha value is -3.34. The van der Waals surface area contributed by atoms with Crippen LogP contribution in [0.3, 0.4) is 0 Å². The van der Waals surface area contributed by atoms with Crippen molar-refractivity contribution in [1.82, 2.24) is 9.97 Å². The van der Waals surface area contributed by atoms with E-state index in [1.807, 2.05) is 54.7 Å². The first-order valence-electron chi connectivity index (χ1n) is 7.20. The Labute approximate surface area is 131 Å². The van der Waals surface area contributed by atoms with Gasteiger partial charge in [-0.3, -0.25) is 4.79 Å². The summed E-state index contributed by atoms with van der Waals surface area (Å²) in [5.74, 6) is 0.169. The fraction of sp³-hybridized carbons (Fsp3) is 0. The van der Waals surface area contributed by atoms with Crippen LogP contribution in [0.2, 0.25) is 0 Å². The Balaban J connectivity index is 1.54. The molecule has 2 aromatic carbocycles. The van der Waals surface area contributed by atoms with Crippen molar-refractivity contribution >= 4 is 39.7 Å². The van der Waals surface area contributed by atoms with Crippen LogP contribution in [0.4, 0.5) is 5.69 Å². The van der Waals surface area contributed by atoms with Gasteiger partial charge in [0, 0.05) is 29.3 Å². The summed E-state index contributed by atoms with van der Waals surface area (Å²) >= 11 is 0. The second kappa shape index (κ2) is 5.46. The number of nitrogens with one attached hydrogen (secondary N) is 2. The highest BCUT2D eigenvalue weighted by Gasteiger charge is 2.05. The van der Waals surface area contributed by atoms with Crippen molar-refractivity contribution in [2.75, 3.05) is 5.32 Å². The van der Waals surface area contributed by atoms with E-state index in [4.69, 9.17) is 4.42 Å². The minimum atomic E-state index is -0.235. The largest absolute Gasteiger partial charge is 0.437 e. The third kappa shape index (κ3) is 2.60. The molecule has 5 nitrogen and oxygen atoms in total. The molecule has 0 fully saturated rings. The standard InChI is InChI=1S/C18H13N3O2/c22-17(20-14-6-3-5-13-12(14)10-11-19-13)8-9-18-21-15-4-1-2-7-16(15)23-18/h1-11,19H,(H,20,22). The number of nitrogens with zero attached hydrogens (tertiary/aromatic N) is 1. The predicted octanol–water partition coefficient (Wildman–Crippen LogP) is 3.96. The molecule has 112 valence electrons. The first-order valence-corrected chi connectivity index (χ1v) is 7.20. The normalized spacial score (nSPS) is 11.5. The van der Waals surface area contributed by atoms with Crippen molar-refractivity contribution in [3.05, 3.63) is 66.7 Å². The molecule has 23 heavy (non-hydrogen) atoms. The van der Waals surface area contributed by atoms with Gasteiger partial charge in [-0.2, -0.15) is 0 Å². The summed E-state index contributed by atoms with van der Waals surface area (Å²) in [7, 11) is 0. The quantitative estimate of drug-likeness (QED) is 0.563. The number of para-hydroxylation sites is 2. The fourth-order valence-corrected chi connectivity index (χ4v) is 2.48. The SMILES string of the molecule is O=C(C=Cc1nc2ccccc2o1)Nc1cccc2[nH]ccc12. The first-order chi connectivity index (χ1) is 11.3. The van der Waals surface area contributed by atoms with Crippen molar-refractivity contribution in [2.24, 2.45) is 0 Å². The van der Waals surface area contributed by atoms with Gasteiger partial charge in [0.2, 0.25) is 11.8 Å². The zero-order valence-corrected chi connectivity index (χ0v) is 12.1. The van der Waals surface area contributed by atoms with E-state index in [1.54, 1.807) is 6.08 Å². The zero-order valence-electron chi connectivity index (χ0n) is 12.1. The Morgan fingerprint density at radius 3 is 2.96 bits per heavy atom. The van der Waals surface area contributed by atoms with Crippen molar-refractivity contribution in [1.29, 1.82) is 0 Å². The highest BCUT2D eigenvalue weighted by atomic mass is 16.3. The van der Waals surface area contributed by atoms with Crippen LogP contribution < -0.4 is 5.32 Å². The molecule has 1 amide bonds. The maximum absolute atomic E-state index is 12.1. The highest BCUT2D eigenvalue weighted by Crippen LogP contribution is 2.22. The molecule has 0 saturated heterocycles. The van der Waals surface area contributed by atoms with Gasteiger partial charge in [-0.25, -0.2) is 4.98 Å². The van der Waals surface area contributed by atoms with Gasteiger partial charge in [-0.05, 0) is 30.3 Å². The van der Waals surface area contributed by atoms with Crippen LogP contribution in [-0.4, -0.2) is 15.9 Å². The summed E-state index contributed by atoms with van der Waals surface area (Å²) in [4.78, 5) is 19.5. The molecule has 2 aromatic heterocycles. The smallest absolute Gasteiger partial charge is 0.248 e. The second-order valence-corrected chi connectivity index (χ2v) is 5.09. The molecule has 0 aliphatic heterocycles. The van der Waals surface area contributed by atoms with Crippen molar-refractivity contribution < 1.29 is 9.21 Å². The summed E-state index contributed by atoms with van der Waals surface area (Å²) < 4.78 is 5.54. The van der Waals surface area contributed by atoms with Gasteiger partial charge >= 0.3 is 0 Å². The molecule has 0 spiro atoms. The molecular weight excluding hydrogens is 290 g/mol. The molecule has 0 unspecified atom stereocenters. The Bertz CT molecular complexity index is 994. The van der Waals surface area contributed by atoms with Gasteiger partial charge in [-0.1, -0.05) is 18.2 Å². The molecule has 4 rings (SSSR count). The summed E-state index contributed by atoms with van der Waals surface area (Å²) in [6.45, 7) is 0. The number of H-pyrrole nitrogens is 1. The Morgan fingerprint density at radius 2 is 2.04 bits per heavy atom. The van der Waals surface area contributed by atoms with Crippen LogP contribution in [-0.2, 0) is 4.79 Å². The summed E-state index contributed by atoms with van der Waals surface area (Å²) in [6, 6.07) is 15.1. The van der Waals surface area contributed by atoms with Crippen LogP contribution in [0.25, 0.3) is 28.1 Å². The maximum Gasteiger partial charge on any atom is 0.248 e. The number of anilines is 1. The molecule has 0 saturated carbocycles. The van der Waals surface area contributed by atoms with Crippen LogP contribution in [0, 0.1) is 0 Å². The molecule has 0 atom stereocenters. The van der Waals surface area contributed by atoms with Crippen LogP contribution >= 0.6 is 0 Å². The monoisotopic (exact) mass is 303 g/mol. The number of hydrogen-bond acceptors (Lipinski definition) is 3. The summed E-state index contributed by atoms with van der Waals surface area (Å²) in [5, 5.41) is 3.83. The Morgan fingerprint density at radius 1 is 1.13 bits per heavy atom. The van der Waals surface area contributed by atoms with E-state index < -0.39 is 0 Å². The molecule has 4 aromatic rings. The lowest BCUT2D eigenvalue weighted by Crippen LogP contribution is -2.07. The maximum atomic E-state index is 12.1. The predicted molar refractivity (Wildman–Crippen MR) is 90.0 cm³/mol. The third-order valence-corrected chi connectivity index (χ3v) is 3.54. The van der Waals surface area contributed by atoms with E-state index >= 15 is 0 Å². The number of aromatic nitrogens is 2. The lowest BCUT2D eigenvalue weighted by atomic mass is 10.2. The molecular formula is C18H13N3O2.